The van der Waals surface area contributed by atoms with Crippen molar-refractivity contribution in [2.75, 3.05) is 31.7 Å². The van der Waals surface area contributed by atoms with Crippen LogP contribution in [-0.4, -0.2) is 43.9 Å². The predicted octanol–water partition coefficient (Wildman–Crippen LogP) is -0.0987. The van der Waals surface area contributed by atoms with Gasteiger partial charge in [0.05, 0.1) is 18.1 Å². The van der Waals surface area contributed by atoms with Crippen molar-refractivity contribution in [3.05, 3.63) is 28.3 Å². The highest BCUT2D eigenvalue weighted by molar-refractivity contribution is 7.89. The van der Waals surface area contributed by atoms with Crippen molar-refractivity contribution in [2.24, 2.45) is 5.84 Å². The lowest BCUT2D eigenvalue weighted by Crippen LogP contribution is -2.40. The molecule has 0 amide bonds. The molecule has 0 atom stereocenters. The van der Waals surface area contributed by atoms with Crippen LogP contribution in [0, 0.1) is 10.1 Å². The highest BCUT2D eigenvalue weighted by Gasteiger charge is 2.34. The number of nitrogens with one attached hydrogen (secondary N) is 1. The normalized spacial score (nSPS) is 16.9. The molecule has 0 aromatic heterocycles. The van der Waals surface area contributed by atoms with Gasteiger partial charge in [-0.1, -0.05) is 6.07 Å². The number of nitrogens with two attached hydrogens (primary N) is 1. The first-order chi connectivity index (χ1) is 9.48. The largest absolute Gasteiger partial charge is 0.379 e. The van der Waals surface area contributed by atoms with E-state index in [1.54, 1.807) is 0 Å². The molecular weight excluding hydrogens is 288 g/mol. The van der Waals surface area contributed by atoms with E-state index in [9.17, 15) is 18.5 Å². The Kier molecular flexibility index (Phi) is 4.18. The van der Waals surface area contributed by atoms with Gasteiger partial charge in [-0.3, -0.25) is 16.0 Å². The highest BCUT2D eigenvalue weighted by Crippen LogP contribution is 2.33. The number of morpholine rings is 1. The molecule has 0 unspecified atom stereocenters. The minimum atomic E-state index is -3.95. The number of nitro benzene ring substituents is 1. The third kappa shape index (κ3) is 2.58. The van der Waals surface area contributed by atoms with E-state index >= 15 is 0 Å². The molecule has 0 aliphatic carbocycles. The number of nitro groups is 1. The molecule has 2 rings (SSSR count). The zero-order valence-electron chi connectivity index (χ0n) is 10.5. The summed E-state index contributed by atoms with van der Waals surface area (Å²) in [4.78, 5) is 10.00. The Morgan fingerprint density at radius 2 is 2.00 bits per heavy atom. The highest BCUT2D eigenvalue weighted by atomic mass is 32.2. The van der Waals surface area contributed by atoms with E-state index in [1.807, 2.05) is 0 Å². The van der Waals surface area contributed by atoms with Crippen molar-refractivity contribution in [1.29, 1.82) is 0 Å². The van der Waals surface area contributed by atoms with Crippen LogP contribution < -0.4 is 11.3 Å². The lowest BCUT2D eigenvalue weighted by molar-refractivity contribution is -0.386. The zero-order valence-corrected chi connectivity index (χ0v) is 11.3. The molecule has 110 valence electrons. The van der Waals surface area contributed by atoms with Crippen LogP contribution in [0.1, 0.15) is 0 Å². The first-order valence-electron chi connectivity index (χ1n) is 5.80. The third-order valence-electron chi connectivity index (χ3n) is 2.92. The Morgan fingerprint density at radius 1 is 1.35 bits per heavy atom. The Labute approximate surface area is 115 Å². The van der Waals surface area contributed by atoms with E-state index in [-0.39, 0.29) is 36.9 Å². The van der Waals surface area contributed by atoms with Gasteiger partial charge in [-0.2, -0.15) is 4.31 Å². The van der Waals surface area contributed by atoms with Crippen LogP contribution in [0.4, 0.5) is 11.4 Å². The maximum atomic E-state index is 12.5. The third-order valence-corrected chi connectivity index (χ3v) is 4.86. The van der Waals surface area contributed by atoms with E-state index in [0.717, 1.165) is 0 Å². The number of nitrogen functional groups attached to an aromatic ring is 1. The quantitative estimate of drug-likeness (QED) is 0.451. The van der Waals surface area contributed by atoms with Crippen molar-refractivity contribution >= 4 is 21.4 Å². The summed E-state index contributed by atoms with van der Waals surface area (Å²) in [5, 5.41) is 11.1. The second kappa shape index (κ2) is 5.71. The van der Waals surface area contributed by atoms with Crippen LogP contribution in [0.5, 0.6) is 0 Å². The molecule has 10 heteroatoms. The summed E-state index contributed by atoms with van der Waals surface area (Å²) in [6.45, 7) is 0.864. The standard InChI is InChI=1S/C10H14N4O5S/c11-12-8-2-1-3-9(10(8)14(15)16)20(17,18)13-4-6-19-7-5-13/h1-3,12H,4-7,11H2. The molecule has 1 fully saturated rings. The molecule has 1 aliphatic rings. The number of nitrogens with zero attached hydrogens (tertiary/aromatic N) is 2. The second-order valence-electron chi connectivity index (χ2n) is 4.07. The molecule has 9 nitrogen and oxygen atoms in total. The first-order valence-corrected chi connectivity index (χ1v) is 7.24. The van der Waals surface area contributed by atoms with Crippen molar-refractivity contribution in [3.8, 4) is 0 Å². The van der Waals surface area contributed by atoms with Gasteiger partial charge in [-0.05, 0) is 12.1 Å². The molecule has 0 spiro atoms. The molecule has 1 heterocycles. The van der Waals surface area contributed by atoms with Gasteiger partial charge in [0.2, 0.25) is 10.0 Å². The monoisotopic (exact) mass is 302 g/mol. The molecule has 20 heavy (non-hydrogen) atoms. The molecule has 0 radical (unpaired) electrons. The fourth-order valence-electron chi connectivity index (χ4n) is 1.96. The predicted molar refractivity (Wildman–Crippen MR) is 70.5 cm³/mol. The van der Waals surface area contributed by atoms with Crippen molar-refractivity contribution < 1.29 is 18.1 Å². The van der Waals surface area contributed by atoms with E-state index in [1.165, 1.54) is 22.5 Å². The summed E-state index contributed by atoms with van der Waals surface area (Å²) >= 11 is 0. The van der Waals surface area contributed by atoms with Gasteiger partial charge in [0.25, 0.3) is 0 Å². The first kappa shape index (κ1) is 14.7. The Hall–Kier alpha value is -1.75. The zero-order chi connectivity index (χ0) is 14.8. The Bertz CT molecular complexity index is 612. The van der Waals surface area contributed by atoms with Gasteiger partial charge in [0, 0.05) is 13.1 Å². The number of sulfonamides is 1. The summed E-state index contributed by atoms with van der Waals surface area (Å²) in [7, 11) is -3.95. The van der Waals surface area contributed by atoms with Gasteiger partial charge in [-0.25, -0.2) is 8.42 Å². The number of rotatable bonds is 4. The number of benzene rings is 1. The Morgan fingerprint density at radius 3 is 2.55 bits per heavy atom. The summed E-state index contributed by atoms with van der Waals surface area (Å²) < 4.78 is 31.2. The van der Waals surface area contributed by atoms with Crippen molar-refractivity contribution in [1.82, 2.24) is 4.31 Å². The summed E-state index contributed by atoms with van der Waals surface area (Å²) in [5.74, 6) is 5.20. The van der Waals surface area contributed by atoms with Crippen LogP contribution in [0.25, 0.3) is 0 Å². The molecule has 3 N–H and O–H groups in total. The van der Waals surface area contributed by atoms with Crippen LogP contribution >= 0.6 is 0 Å². The summed E-state index contributed by atoms with van der Waals surface area (Å²) in [5.41, 5.74) is 1.54. The van der Waals surface area contributed by atoms with Gasteiger partial charge in [0.1, 0.15) is 5.69 Å². The van der Waals surface area contributed by atoms with Gasteiger partial charge in [-0.15, -0.1) is 0 Å². The molecule has 1 aromatic rings. The van der Waals surface area contributed by atoms with Crippen molar-refractivity contribution in [3.63, 3.8) is 0 Å². The minimum absolute atomic E-state index is 0.0515. The van der Waals surface area contributed by atoms with Crippen LogP contribution in [-0.2, 0) is 14.8 Å². The number of hydrogen-bond acceptors (Lipinski definition) is 7. The van der Waals surface area contributed by atoms with E-state index in [0.29, 0.717) is 0 Å². The molecule has 0 saturated carbocycles. The van der Waals surface area contributed by atoms with Crippen LogP contribution in [0.2, 0.25) is 0 Å². The molecular formula is C10H14N4O5S. The molecule has 1 saturated heterocycles. The lowest BCUT2D eigenvalue weighted by atomic mass is 10.3. The number of ether oxygens (including phenoxy) is 1. The molecule has 1 aliphatic heterocycles. The fourth-order valence-corrected chi connectivity index (χ4v) is 3.55. The second-order valence-corrected chi connectivity index (χ2v) is 5.98. The van der Waals surface area contributed by atoms with E-state index in [4.69, 9.17) is 10.6 Å². The van der Waals surface area contributed by atoms with Gasteiger partial charge >= 0.3 is 5.69 Å². The van der Waals surface area contributed by atoms with Gasteiger partial charge < -0.3 is 10.2 Å². The minimum Gasteiger partial charge on any atom is -0.379 e. The van der Waals surface area contributed by atoms with E-state index in [2.05, 4.69) is 5.43 Å². The number of hydrazine groups is 1. The number of hydrogen-bond donors (Lipinski definition) is 2. The van der Waals surface area contributed by atoms with Gasteiger partial charge in [0.15, 0.2) is 4.90 Å². The molecule has 0 bridgehead atoms. The number of anilines is 1. The topological polar surface area (TPSA) is 128 Å². The lowest BCUT2D eigenvalue weighted by Gasteiger charge is -2.26. The maximum Gasteiger partial charge on any atom is 0.313 e. The average molecular weight is 302 g/mol. The number of para-hydroxylation sites is 1. The van der Waals surface area contributed by atoms with Crippen molar-refractivity contribution in [2.45, 2.75) is 4.90 Å². The fraction of sp³-hybridized carbons (Fsp3) is 0.400. The summed E-state index contributed by atoms with van der Waals surface area (Å²) in [6, 6.07) is 3.94. The average Bonchev–Trinajstić information content (AvgIpc) is 2.47. The van der Waals surface area contributed by atoms with Crippen LogP contribution in [0.15, 0.2) is 23.1 Å². The van der Waals surface area contributed by atoms with E-state index < -0.39 is 20.6 Å². The smallest absolute Gasteiger partial charge is 0.313 e. The SMILES string of the molecule is NNc1cccc(S(=O)(=O)N2CCOCC2)c1[N+](=O)[O-]. The Balaban J connectivity index is 2.53. The molecule has 1 aromatic carbocycles. The van der Waals surface area contributed by atoms with Crippen LogP contribution in [0.3, 0.4) is 0 Å². The maximum absolute atomic E-state index is 12.5. The summed E-state index contributed by atoms with van der Waals surface area (Å²) in [6.07, 6.45) is 0.